The van der Waals surface area contributed by atoms with Gasteiger partial charge in [0.1, 0.15) is 10.7 Å². The largest absolute Gasteiger partial charge is 0.399 e. The van der Waals surface area contributed by atoms with E-state index in [1.165, 1.54) is 11.3 Å². The van der Waals surface area contributed by atoms with Gasteiger partial charge in [0.05, 0.1) is 0 Å². The third kappa shape index (κ3) is 3.91. The van der Waals surface area contributed by atoms with Gasteiger partial charge in [-0.15, -0.1) is 11.3 Å². The molecule has 1 saturated heterocycles. The SMILES string of the molecule is Nc1cccc(-c2nc(C(=O)NCCCN3CCCC3=O)cs2)c1. The van der Waals surface area contributed by atoms with Crippen molar-refractivity contribution in [2.24, 2.45) is 0 Å². The Bertz CT molecular complexity index is 744. The van der Waals surface area contributed by atoms with E-state index >= 15 is 0 Å². The van der Waals surface area contributed by atoms with Crippen LogP contribution in [0.5, 0.6) is 0 Å². The van der Waals surface area contributed by atoms with E-state index in [-0.39, 0.29) is 11.8 Å². The Hall–Kier alpha value is -2.41. The van der Waals surface area contributed by atoms with Gasteiger partial charge in [0.25, 0.3) is 5.91 Å². The number of nitrogens with zero attached hydrogens (tertiary/aromatic N) is 2. The first-order valence-electron chi connectivity index (χ1n) is 8.01. The van der Waals surface area contributed by atoms with Crippen molar-refractivity contribution in [3.63, 3.8) is 0 Å². The first-order valence-corrected chi connectivity index (χ1v) is 8.89. The first-order chi connectivity index (χ1) is 11.6. The summed E-state index contributed by atoms with van der Waals surface area (Å²) in [6.07, 6.45) is 2.35. The van der Waals surface area contributed by atoms with Gasteiger partial charge in [0, 0.05) is 42.7 Å². The van der Waals surface area contributed by atoms with Crippen LogP contribution in [0.25, 0.3) is 10.6 Å². The van der Waals surface area contributed by atoms with Crippen molar-refractivity contribution in [1.82, 2.24) is 15.2 Å². The number of thiazole rings is 1. The number of nitrogens with two attached hydrogens (primary N) is 1. The molecule has 2 amide bonds. The van der Waals surface area contributed by atoms with Gasteiger partial charge in [-0.05, 0) is 25.0 Å². The number of nitrogens with one attached hydrogen (secondary N) is 1. The van der Waals surface area contributed by atoms with E-state index in [1.807, 2.05) is 29.2 Å². The van der Waals surface area contributed by atoms with E-state index in [2.05, 4.69) is 10.3 Å². The number of hydrogen-bond acceptors (Lipinski definition) is 5. The molecule has 6 nitrogen and oxygen atoms in total. The molecule has 1 fully saturated rings. The maximum atomic E-state index is 12.1. The summed E-state index contributed by atoms with van der Waals surface area (Å²) in [5.74, 6) is 0.0294. The predicted octanol–water partition coefficient (Wildman–Crippen LogP) is 2.13. The van der Waals surface area contributed by atoms with Gasteiger partial charge in [-0.25, -0.2) is 4.98 Å². The predicted molar refractivity (Wildman–Crippen MR) is 94.7 cm³/mol. The van der Waals surface area contributed by atoms with E-state index < -0.39 is 0 Å². The fourth-order valence-corrected chi connectivity index (χ4v) is 3.48. The Kier molecular flexibility index (Phi) is 5.10. The van der Waals surface area contributed by atoms with Crippen molar-refractivity contribution in [2.75, 3.05) is 25.4 Å². The number of amides is 2. The number of carbonyl (C=O) groups is 2. The smallest absolute Gasteiger partial charge is 0.270 e. The van der Waals surface area contributed by atoms with Crippen molar-refractivity contribution < 1.29 is 9.59 Å². The molecule has 0 saturated carbocycles. The summed E-state index contributed by atoms with van der Waals surface area (Å²) < 4.78 is 0. The van der Waals surface area contributed by atoms with Gasteiger partial charge >= 0.3 is 0 Å². The van der Waals surface area contributed by atoms with E-state index in [9.17, 15) is 9.59 Å². The average Bonchev–Trinajstić information content (AvgIpc) is 3.21. The quantitative estimate of drug-likeness (QED) is 0.621. The number of aromatic nitrogens is 1. The van der Waals surface area contributed by atoms with Crippen molar-refractivity contribution in [2.45, 2.75) is 19.3 Å². The monoisotopic (exact) mass is 344 g/mol. The van der Waals surface area contributed by atoms with E-state index in [4.69, 9.17) is 5.73 Å². The third-order valence-electron chi connectivity index (χ3n) is 3.93. The van der Waals surface area contributed by atoms with Crippen molar-refractivity contribution in [3.8, 4) is 10.6 Å². The summed E-state index contributed by atoms with van der Waals surface area (Å²) in [5, 5.41) is 5.38. The Morgan fingerprint density at radius 2 is 2.29 bits per heavy atom. The van der Waals surface area contributed by atoms with Gasteiger partial charge in [0.2, 0.25) is 5.91 Å². The molecule has 2 heterocycles. The molecular weight excluding hydrogens is 324 g/mol. The van der Waals surface area contributed by atoms with Crippen LogP contribution in [-0.4, -0.2) is 41.3 Å². The molecule has 0 radical (unpaired) electrons. The lowest BCUT2D eigenvalue weighted by atomic mass is 10.2. The fraction of sp³-hybridized carbons (Fsp3) is 0.353. The number of rotatable bonds is 6. The summed E-state index contributed by atoms with van der Waals surface area (Å²) in [6, 6.07) is 7.44. The lowest BCUT2D eigenvalue weighted by molar-refractivity contribution is -0.127. The molecule has 0 bridgehead atoms. The number of likely N-dealkylation sites (tertiary alicyclic amines) is 1. The van der Waals surface area contributed by atoms with Crippen molar-refractivity contribution in [1.29, 1.82) is 0 Å². The molecule has 0 atom stereocenters. The Morgan fingerprint density at radius 3 is 3.04 bits per heavy atom. The summed E-state index contributed by atoms with van der Waals surface area (Å²) in [4.78, 5) is 29.9. The summed E-state index contributed by atoms with van der Waals surface area (Å²) >= 11 is 1.42. The topological polar surface area (TPSA) is 88.3 Å². The van der Waals surface area contributed by atoms with E-state index in [0.29, 0.717) is 30.9 Å². The second kappa shape index (κ2) is 7.44. The molecule has 2 aromatic rings. The van der Waals surface area contributed by atoms with Gasteiger partial charge in [-0.3, -0.25) is 9.59 Å². The third-order valence-corrected chi connectivity index (χ3v) is 4.82. The molecule has 3 N–H and O–H groups in total. The highest BCUT2D eigenvalue weighted by molar-refractivity contribution is 7.13. The molecule has 1 aliphatic rings. The van der Waals surface area contributed by atoms with Crippen molar-refractivity contribution in [3.05, 3.63) is 35.3 Å². The normalized spacial score (nSPS) is 14.2. The standard InChI is InChI=1S/C17H20N4O2S/c18-13-5-1-4-12(10-13)17-20-14(11-24-17)16(23)19-7-3-9-21-8-2-6-15(21)22/h1,4-5,10-11H,2-3,6-9,18H2,(H,19,23). The van der Waals surface area contributed by atoms with Gasteiger partial charge in [-0.1, -0.05) is 12.1 Å². The van der Waals surface area contributed by atoms with E-state index in [1.54, 1.807) is 5.38 Å². The van der Waals surface area contributed by atoms with Crippen LogP contribution in [0.15, 0.2) is 29.6 Å². The zero-order valence-corrected chi connectivity index (χ0v) is 14.1. The molecule has 0 spiro atoms. The highest BCUT2D eigenvalue weighted by Crippen LogP contribution is 2.25. The van der Waals surface area contributed by atoms with Gasteiger partial charge in [0.15, 0.2) is 0 Å². The maximum Gasteiger partial charge on any atom is 0.270 e. The molecule has 0 unspecified atom stereocenters. The van der Waals surface area contributed by atoms with Crippen LogP contribution in [0.4, 0.5) is 5.69 Å². The molecule has 0 aliphatic carbocycles. The number of benzene rings is 1. The highest BCUT2D eigenvalue weighted by atomic mass is 32.1. The molecule has 1 aliphatic heterocycles. The van der Waals surface area contributed by atoms with Crippen LogP contribution >= 0.6 is 11.3 Å². The van der Waals surface area contributed by atoms with Gasteiger partial charge < -0.3 is 16.0 Å². The number of hydrogen-bond donors (Lipinski definition) is 2. The highest BCUT2D eigenvalue weighted by Gasteiger charge is 2.19. The Morgan fingerprint density at radius 1 is 1.42 bits per heavy atom. The summed E-state index contributed by atoms with van der Waals surface area (Å²) in [6.45, 7) is 2.07. The molecule has 1 aromatic heterocycles. The number of nitrogen functional groups attached to an aromatic ring is 1. The van der Waals surface area contributed by atoms with Gasteiger partial charge in [-0.2, -0.15) is 0 Å². The number of anilines is 1. The second-order valence-electron chi connectivity index (χ2n) is 5.76. The van der Waals surface area contributed by atoms with Crippen LogP contribution in [0.1, 0.15) is 29.8 Å². The van der Waals surface area contributed by atoms with Crippen LogP contribution in [0.3, 0.4) is 0 Å². The molecule has 1 aromatic carbocycles. The van der Waals surface area contributed by atoms with Crippen LogP contribution in [0.2, 0.25) is 0 Å². The molecule has 7 heteroatoms. The lowest BCUT2D eigenvalue weighted by Crippen LogP contribution is -2.30. The van der Waals surface area contributed by atoms with Crippen molar-refractivity contribution >= 4 is 28.8 Å². The molecule has 3 rings (SSSR count). The van der Waals surface area contributed by atoms with Crippen LogP contribution in [0, 0.1) is 0 Å². The van der Waals surface area contributed by atoms with Crippen LogP contribution < -0.4 is 11.1 Å². The minimum absolute atomic E-state index is 0.186. The number of carbonyl (C=O) groups excluding carboxylic acids is 2. The minimum Gasteiger partial charge on any atom is -0.399 e. The fourth-order valence-electron chi connectivity index (χ4n) is 2.69. The maximum absolute atomic E-state index is 12.1. The summed E-state index contributed by atoms with van der Waals surface area (Å²) in [7, 11) is 0. The zero-order chi connectivity index (χ0) is 16.9. The average molecular weight is 344 g/mol. The Labute approximate surface area is 144 Å². The second-order valence-corrected chi connectivity index (χ2v) is 6.62. The first kappa shape index (κ1) is 16.4. The minimum atomic E-state index is -0.186. The molecular formula is C17H20N4O2S. The van der Waals surface area contributed by atoms with Crippen LogP contribution in [-0.2, 0) is 4.79 Å². The van der Waals surface area contributed by atoms with E-state index in [0.717, 1.165) is 30.0 Å². The molecule has 126 valence electrons. The summed E-state index contributed by atoms with van der Waals surface area (Å²) in [5.41, 5.74) is 7.77. The Balaban J connectivity index is 1.50. The lowest BCUT2D eigenvalue weighted by Gasteiger charge is -2.14. The zero-order valence-electron chi connectivity index (χ0n) is 13.3. The molecule has 24 heavy (non-hydrogen) atoms.